The first-order valence-corrected chi connectivity index (χ1v) is 6.31. The smallest absolute Gasteiger partial charge is 0.0624 e. The first kappa shape index (κ1) is 14.2. The third kappa shape index (κ3) is 2.87. The Labute approximate surface area is 104 Å². The van der Waals surface area contributed by atoms with E-state index in [0.29, 0.717) is 12.5 Å². The molecule has 1 rings (SSSR count). The zero-order chi connectivity index (χ0) is 13.1. The zero-order valence-electron chi connectivity index (χ0n) is 11.4. The predicted molar refractivity (Wildman–Crippen MR) is 69.7 cm³/mol. The molecule has 98 valence electrons. The lowest BCUT2D eigenvalue weighted by molar-refractivity contribution is 0.0823. The summed E-state index contributed by atoms with van der Waals surface area (Å²) in [4.78, 5) is 0. The minimum absolute atomic E-state index is 0.119. The molecule has 0 bridgehead atoms. The zero-order valence-corrected chi connectivity index (χ0v) is 11.4. The fourth-order valence-corrected chi connectivity index (χ4v) is 2.09. The van der Waals surface area contributed by atoms with Gasteiger partial charge in [-0.25, -0.2) is 0 Å². The Morgan fingerprint density at radius 2 is 2.18 bits per heavy atom. The molecule has 0 amide bonds. The van der Waals surface area contributed by atoms with Crippen LogP contribution in [0.2, 0.25) is 0 Å². The molecule has 1 unspecified atom stereocenters. The number of aliphatic hydroxyl groups excluding tert-OH is 1. The standard InChI is InChI=1S/C13H25N3O/c1-5-11-6-12(16(4)15-11)7-13(8-14,9-17)10(2)3/h6,10,17H,5,7-9,14H2,1-4H3. The van der Waals surface area contributed by atoms with Crippen molar-refractivity contribution in [2.24, 2.45) is 24.1 Å². The Hall–Kier alpha value is -0.870. The molecular weight excluding hydrogens is 214 g/mol. The molecule has 0 saturated heterocycles. The van der Waals surface area contributed by atoms with Crippen molar-refractivity contribution in [2.75, 3.05) is 13.2 Å². The highest BCUT2D eigenvalue weighted by molar-refractivity contribution is 5.13. The van der Waals surface area contributed by atoms with Gasteiger partial charge in [-0.15, -0.1) is 0 Å². The van der Waals surface area contributed by atoms with Gasteiger partial charge in [-0.1, -0.05) is 20.8 Å². The van der Waals surface area contributed by atoms with Crippen molar-refractivity contribution in [1.29, 1.82) is 0 Å². The first-order chi connectivity index (χ1) is 7.99. The van der Waals surface area contributed by atoms with Crippen molar-refractivity contribution >= 4 is 0 Å². The minimum atomic E-state index is -0.237. The van der Waals surface area contributed by atoms with Crippen LogP contribution >= 0.6 is 0 Å². The Kier molecular flexibility index (Phi) is 4.71. The van der Waals surface area contributed by atoms with Crippen LogP contribution in [0.1, 0.15) is 32.2 Å². The van der Waals surface area contributed by atoms with Crippen molar-refractivity contribution < 1.29 is 5.11 Å². The summed E-state index contributed by atoms with van der Waals surface area (Å²) < 4.78 is 1.90. The van der Waals surface area contributed by atoms with Crippen LogP contribution in [0.5, 0.6) is 0 Å². The molecule has 1 aromatic rings. The van der Waals surface area contributed by atoms with Crippen molar-refractivity contribution in [1.82, 2.24) is 9.78 Å². The molecule has 17 heavy (non-hydrogen) atoms. The summed E-state index contributed by atoms with van der Waals surface area (Å²) in [5.41, 5.74) is 7.87. The van der Waals surface area contributed by atoms with E-state index in [9.17, 15) is 5.11 Å². The van der Waals surface area contributed by atoms with E-state index in [-0.39, 0.29) is 12.0 Å². The Morgan fingerprint density at radius 3 is 2.53 bits per heavy atom. The number of nitrogens with two attached hydrogens (primary N) is 1. The van der Waals surface area contributed by atoms with Crippen LogP contribution in [0.3, 0.4) is 0 Å². The molecule has 0 aromatic carbocycles. The van der Waals surface area contributed by atoms with Crippen molar-refractivity contribution in [3.05, 3.63) is 17.5 Å². The SMILES string of the molecule is CCc1cc(CC(CN)(CO)C(C)C)n(C)n1. The molecule has 1 heterocycles. The molecule has 0 aliphatic carbocycles. The van der Waals surface area contributed by atoms with Crippen LogP contribution in [0.15, 0.2) is 6.07 Å². The molecule has 4 nitrogen and oxygen atoms in total. The van der Waals surface area contributed by atoms with Gasteiger partial charge >= 0.3 is 0 Å². The number of aryl methyl sites for hydroxylation is 2. The Balaban J connectivity index is 2.96. The number of hydrogen-bond donors (Lipinski definition) is 2. The van der Waals surface area contributed by atoms with E-state index in [1.54, 1.807) is 0 Å². The van der Waals surface area contributed by atoms with E-state index in [0.717, 1.165) is 24.2 Å². The number of aromatic nitrogens is 2. The fraction of sp³-hybridized carbons (Fsp3) is 0.769. The summed E-state index contributed by atoms with van der Waals surface area (Å²) >= 11 is 0. The van der Waals surface area contributed by atoms with Gasteiger partial charge in [0.15, 0.2) is 0 Å². The Bertz CT molecular complexity index is 354. The minimum Gasteiger partial charge on any atom is -0.396 e. The van der Waals surface area contributed by atoms with Gasteiger partial charge in [-0.3, -0.25) is 4.68 Å². The largest absolute Gasteiger partial charge is 0.396 e. The summed E-state index contributed by atoms with van der Waals surface area (Å²) in [6.45, 7) is 6.93. The summed E-state index contributed by atoms with van der Waals surface area (Å²) in [6, 6.07) is 2.11. The lowest BCUT2D eigenvalue weighted by Gasteiger charge is -2.34. The second kappa shape index (κ2) is 5.65. The van der Waals surface area contributed by atoms with Gasteiger partial charge in [0.1, 0.15) is 0 Å². The van der Waals surface area contributed by atoms with E-state index < -0.39 is 0 Å². The number of hydrogen-bond acceptors (Lipinski definition) is 3. The van der Waals surface area contributed by atoms with Gasteiger partial charge in [0.05, 0.1) is 12.3 Å². The van der Waals surface area contributed by atoms with E-state index in [2.05, 4.69) is 31.9 Å². The summed E-state index contributed by atoms with van der Waals surface area (Å²) in [5, 5.41) is 14.1. The molecule has 3 N–H and O–H groups in total. The van der Waals surface area contributed by atoms with Crippen molar-refractivity contribution in [2.45, 2.75) is 33.6 Å². The number of rotatable bonds is 6. The molecule has 0 saturated carbocycles. The normalized spacial score (nSPS) is 15.2. The molecule has 0 fully saturated rings. The van der Waals surface area contributed by atoms with Crippen molar-refractivity contribution in [3.63, 3.8) is 0 Å². The van der Waals surface area contributed by atoms with E-state index in [1.165, 1.54) is 0 Å². The third-order valence-corrected chi connectivity index (χ3v) is 3.87. The summed E-state index contributed by atoms with van der Waals surface area (Å²) in [7, 11) is 1.95. The van der Waals surface area contributed by atoms with Crippen LogP contribution in [0, 0.1) is 11.3 Å². The lowest BCUT2D eigenvalue weighted by Crippen LogP contribution is -2.41. The van der Waals surface area contributed by atoms with E-state index >= 15 is 0 Å². The van der Waals surface area contributed by atoms with Crippen LogP contribution in [0.4, 0.5) is 0 Å². The van der Waals surface area contributed by atoms with Crippen molar-refractivity contribution in [3.8, 4) is 0 Å². The van der Waals surface area contributed by atoms with Crippen LogP contribution in [-0.2, 0) is 19.9 Å². The maximum atomic E-state index is 9.65. The maximum absolute atomic E-state index is 9.65. The van der Waals surface area contributed by atoms with E-state index in [4.69, 9.17) is 5.73 Å². The van der Waals surface area contributed by atoms with Gasteiger partial charge in [-0.05, 0) is 24.8 Å². The highest BCUT2D eigenvalue weighted by Gasteiger charge is 2.33. The highest BCUT2D eigenvalue weighted by Crippen LogP contribution is 2.30. The highest BCUT2D eigenvalue weighted by atomic mass is 16.3. The second-order valence-corrected chi connectivity index (χ2v) is 5.16. The van der Waals surface area contributed by atoms with Crippen LogP contribution < -0.4 is 5.73 Å². The molecule has 0 aliphatic heterocycles. The fourth-order valence-electron chi connectivity index (χ4n) is 2.09. The maximum Gasteiger partial charge on any atom is 0.0624 e. The molecule has 4 heteroatoms. The predicted octanol–water partition coefficient (Wildman–Crippen LogP) is 1.12. The molecule has 1 aromatic heterocycles. The van der Waals surface area contributed by atoms with Gasteiger partial charge < -0.3 is 10.8 Å². The van der Waals surface area contributed by atoms with Crippen LogP contribution in [0.25, 0.3) is 0 Å². The molecular formula is C13H25N3O. The van der Waals surface area contributed by atoms with Gasteiger partial charge in [0.2, 0.25) is 0 Å². The average molecular weight is 239 g/mol. The molecule has 0 radical (unpaired) electrons. The summed E-state index contributed by atoms with van der Waals surface area (Å²) in [5.74, 6) is 0.345. The lowest BCUT2D eigenvalue weighted by atomic mass is 9.74. The second-order valence-electron chi connectivity index (χ2n) is 5.16. The summed E-state index contributed by atoms with van der Waals surface area (Å²) in [6.07, 6.45) is 1.71. The van der Waals surface area contributed by atoms with Gasteiger partial charge in [-0.2, -0.15) is 5.10 Å². The van der Waals surface area contributed by atoms with E-state index in [1.807, 2.05) is 11.7 Å². The topological polar surface area (TPSA) is 64.1 Å². The molecule has 0 aliphatic rings. The van der Waals surface area contributed by atoms with Gasteiger partial charge in [0, 0.05) is 24.7 Å². The Morgan fingerprint density at radius 1 is 1.53 bits per heavy atom. The molecule has 1 atom stereocenters. The van der Waals surface area contributed by atoms with Crippen LogP contribution in [-0.4, -0.2) is 28.0 Å². The third-order valence-electron chi connectivity index (χ3n) is 3.87. The number of nitrogens with zero attached hydrogens (tertiary/aromatic N) is 2. The quantitative estimate of drug-likeness (QED) is 0.782. The monoisotopic (exact) mass is 239 g/mol. The number of aliphatic hydroxyl groups is 1. The first-order valence-electron chi connectivity index (χ1n) is 6.31. The van der Waals surface area contributed by atoms with Gasteiger partial charge in [0.25, 0.3) is 0 Å². The average Bonchev–Trinajstić information content (AvgIpc) is 2.66. The molecule has 0 spiro atoms.